The van der Waals surface area contributed by atoms with Crippen LogP contribution in [0, 0.1) is 5.92 Å². The predicted octanol–water partition coefficient (Wildman–Crippen LogP) is 0.498. The summed E-state index contributed by atoms with van der Waals surface area (Å²) in [7, 11) is 1.15. The van der Waals surface area contributed by atoms with Gasteiger partial charge in [0, 0.05) is 6.92 Å². The number of aryl methyl sites for hydroxylation is 1. The second-order valence-corrected chi connectivity index (χ2v) is 5.79. The molecule has 1 aromatic rings. The largest absolute Gasteiger partial charge is 0.464 e. The standard InChI is InChI=1S/C17H17N3O5/c1-4-10-5-7-11(8-6-10)19-15(22)12-13(17(24)25-3)18-20(9(2)21)14(12)16(19)23/h5-8,12,14H,4H2,1-3H3. The fourth-order valence-corrected chi connectivity index (χ4v) is 3.08. The van der Waals surface area contributed by atoms with Crippen LogP contribution >= 0.6 is 0 Å². The minimum atomic E-state index is -1.15. The number of carbonyl (C=O) groups excluding carboxylic acids is 4. The molecular formula is C17H17N3O5. The van der Waals surface area contributed by atoms with E-state index in [9.17, 15) is 19.2 Å². The van der Waals surface area contributed by atoms with Crippen molar-refractivity contribution in [2.75, 3.05) is 12.0 Å². The molecule has 2 unspecified atom stereocenters. The summed E-state index contributed by atoms with van der Waals surface area (Å²) in [5.41, 5.74) is 1.23. The van der Waals surface area contributed by atoms with Crippen molar-refractivity contribution in [1.29, 1.82) is 0 Å². The molecular weight excluding hydrogens is 326 g/mol. The highest BCUT2D eigenvalue weighted by Gasteiger charge is 2.59. The monoisotopic (exact) mass is 343 g/mol. The van der Waals surface area contributed by atoms with E-state index in [0.717, 1.165) is 29.0 Å². The second-order valence-electron chi connectivity index (χ2n) is 5.79. The molecule has 130 valence electrons. The first kappa shape index (κ1) is 16.8. The fourth-order valence-electron chi connectivity index (χ4n) is 3.08. The summed E-state index contributed by atoms with van der Waals surface area (Å²) < 4.78 is 4.64. The Kier molecular flexibility index (Phi) is 4.12. The van der Waals surface area contributed by atoms with Crippen molar-refractivity contribution >= 4 is 35.1 Å². The van der Waals surface area contributed by atoms with E-state index in [1.54, 1.807) is 12.1 Å². The van der Waals surface area contributed by atoms with Crippen LogP contribution in [0.5, 0.6) is 0 Å². The van der Waals surface area contributed by atoms with Gasteiger partial charge in [0.2, 0.25) is 11.8 Å². The number of benzene rings is 1. The Morgan fingerprint density at radius 3 is 2.32 bits per heavy atom. The van der Waals surface area contributed by atoms with Gasteiger partial charge in [-0.05, 0) is 24.1 Å². The molecule has 25 heavy (non-hydrogen) atoms. The molecule has 1 aromatic carbocycles. The minimum absolute atomic E-state index is 0.228. The van der Waals surface area contributed by atoms with E-state index in [4.69, 9.17) is 0 Å². The van der Waals surface area contributed by atoms with Crippen molar-refractivity contribution in [2.45, 2.75) is 26.3 Å². The molecule has 2 atom stereocenters. The summed E-state index contributed by atoms with van der Waals surface area (Å²) in [6.07, 6.45) is 0.824. The topological polar surface area (TPSA) is 96.3 Å². The number of carbonyl (C=O) groups is 4. The number of ether oxygens (including phenoxy) is 1. The highest BCUT2D eigenvalue weighted by Crippen LogP contribution is 2.35. The molecule has 8 heteroatoms. The van der Waals surface area contributed by atoms with Crippen LogP contribution in [-0.4, -0.2) is 47.6 Å². The fraction of sp³-hybridized carbons (Fsp3) is 0.353. The van der Waals surface area contributed by atoms with E-state index >= 15 is 0 Å². The average Bonchev–Trinajstić information content (AvgIpc) is 3.12. The number of hydrazone groups is 1. The van der Waals surface area contributed by atoms with Crippen LogP contribution < -0.4 is 4.90 Å². The summed E-state index contributed by atoms with van der Waals surface area (Å²) in [4.78, 5) is 50.4. The normalized spacial score (nSPS) is 22.1. The number of rotatable bonds is 3. The number of fused-ring (bicyclic) bond motifs is 1. The number of anilines is 1. The summed E-state index contributed by atoms with van der Waals surface area (Å²) in [6.45, 7) is 3.21. The summed E-state index contributed by atoms with van der Waals surface area (Å²) in [5.74, 6) is -3.68. The number of nitrogens with zero attached hydrogens (tertiary/aromatic N) is 3. The van der Waals surface area contributed by atoms with Crippen molar-refractivity contribution in [3.8, 4) is 0 Å². The third-order valence-electron chi connectivity index (χ3n) is 4.37. The highest BCUT2D eigenvalue weighted by atomic mass is 16.5. The Labute approximate surface area is 144 Å². The predicted molar refractivity (Wildman–Crippen MR) is 87.6 cm³/mol. The molecule has 0 radical (unpaired) electrons. The van der Waals surface area contributed by atoms with Crippen LogP contribution in [0.4, 0.5) is 5.69 Å². The van der Waals surface area contributed by atoms with Gasteiger partial charge in [-0.15, -0.1) is 0 Å². The van der Waals surface area contributed by atoms with Crippen molar-refractivity contribution in [1.82, 2.24) is 5.01 Å². The van der Waals surface area contributed by atoms with E-state index in [1.165, 1.54) is 6.92 Å². The van der Waals surface area contributed by atoms with E-state index in [1.807, 2.05) is 19.1 Å². The van der Waals surface area contributed by atoms with Crippen LogP contribution in [0.3, 0.4) is 0 Å². The lowest BCUT2D eigenvalue weighted by molar-refractivity contribution is -0.136. The SMILES string of the molecule is CCc1ccc(N2C(=O)C3C(C(=O)OC)=NN(C(C)=O)C3C2=O)cc1. The lowest BCUT2D eigenvalue weighted by Gasteiger charge is -2.19. The Morgan fingerprint density at radius 2 is 1.80 bits per heavy atom. The first-order chi connectivity index (χ1) is 11.9. The molecule has 0 N–H and O–H groups in total. The summed E-state index contributed by atoms with van der Waals surface area (Å²) in [5, 5.41) is 4.74. The van der Waals surface area contributed by atoms with Crippen LogP contribution in [0.25, 0.3) is 0 Å². The molecule has 3 rings (SSSR count). The summed E-state index contributed by atoms with van der Waals surface area (Å²) >= 11 is 0. The molecule has 0 saturated carbocycles. The summed E-state index contributed by atoms with van der Waals surface area (Å²) in [6, 6.07) is 5.83. The van der Waals surface area contributed by atoms with Crippen LogP contribution in [0.15, 0.2) is 29.4 Å². The van der Waals surface area contributed by atoms with Crippen molar-refractivity contribution in [2.24, 2.45) is 11.0 Å². The van der Waals surface area contributed by atoms with Gasteiger partial charge < -0.3 is 4.74 Å². The van der Waals surface area contributed by atoms with Gasteiger partial charge in [0.15, 0.2) is 11.8 Å². The van der Waals surface area contributed by atoms with Crippen LogP contribution in [0.2, 0.25) is 0 Å². The van der Waals surface area contributed by atoms with E-state index in [0.29, 0.717) is 5.69 Å². The Hall–Kier alpha value is -3.03. The van der Waals surface area contributed by atoms with Gasteiger partial charge in [0.1, 0.15) is 5.92 Å². The number of methoxy groups -OCH3 is 1. The van der Waals surface area contributed by atoms with Crippen molar-refractivity contribution in [3.63, 3.8) is 0 Å². The molecule has 1 saturated heterocycles. The molecule has 2 aliphatic rings. The number of hydrogen-bond acceptors (Lipinski definition) is 6. The van der Waals surface area contributed by atoms with Crippen LogP contribution in [-0.2, 0) is 30.3 Å². The Balaban J connectivity index is 2.02. The van der Waals surface area contributed by atoms with Gasteiger partial charge in [0.05, 0.1) is 12.8 Å². The van der Waals surface area contributed by atoms with Gasteiger partial charge >= 0.3 is 5.97 Å². The van der Waals surface area contributed by atoms with Gasteiger partial charge in [-0.1, -0.05) is 19.1 Å². The molecule has 2 heterocycles. The zero-order valence-corrected chi connectivity index (χ0v) is 14.1. The number of imide groups is 1. The molecule has 1 fully saturated rings. The molecule has 2 aliphatic heterocycles. The Morgan fingerprint density at radius 1 is 1.16 bits per heavy atom. The first-order valence-electron chi connectivity index (χ1n) is 7.84. The third kappa shape index (κ3) is 2.50. The van der Waals surface area contributed by atoms with Gasteiger partial charge in [0.25, 0.3) is 5.91 Å². The lowest BCUT2D eigenvalue weighted by atomic mass is 9.98. The van der Waals surface area contributed by atoms with Gasteiger partial charge in [-0.2, -0.15) is 5.10 Å². The van der Waals surface area contributed by atoms with Crippen LogP contribution in [0.1, 0.15) is 19.4 Å². The molecule has 0 aromatic heterocycles. The quantitative estimate of drug-likeness (QED) is 0.588. The molecule has 0 bridgehead atoms. The number of hydrogen-bond donors (Lipinski definition) is 0. The van der Waals surface area contributed by atoms with Gasteiger partial charge in [-0.3, -0.25) is 14.4 Å². The Bertz CT molecular complexity index is 799. The smallest absolute Gasteiger partial charge is 0.355 e. The molecule has 0 spiro atoms. The van der Waals surface area contributed by atoms with Crippen molar-refractivity contribution in [3.05, 3.63) is 29.8 Å². The molecule has 3 amide bonds. The van der Waals surface area contributed by atoms with E-state index in [2.05, 4.69) is 9.84 Å². The minimum Gasteiger partial charge on any atom is -0.464 e. The zero-order valence-electron chi connectivity index (χ0n) is 14.1. The maximum atomic E-state index is 12.8. The zero-order chi connectivity index (χ0) is 18.3. The molecule has 8 nitrogen and oxygen atoms in total. The average molecular weight is 343 g/mol. The van der Waals surface area contributed by atoms with Crippen molar-refractivity contribution < 1.29 is 23.9 Å². The maximum absolute atomic E-state index is 12.8. The number of amides is 3. The third-order valence-corrected chi connectivity index (χ3v) is 4.37. The second kappa shape index (κ2) is 6.12. The lowest BCUT2D eigenvalue weighted by Crippen LogP contribution is -2.41. The van der Waals surface area contributed by atoms with E-state index < -0.39 is 35.7 Å². The number of esters is 1. The maximum Gasteiger partial charge on any atom is 0.355 e. The molecule has 0 aliphatic carbocycles. The van der Waals surface area contributed by atoms with Gasteiger partial charge in [-0.25, -0.2) is 14.7 Å². The van der Waals surface area contributed by atoms with E-state index in [-0.39, 0.29) is 5.71 Å². The first-order valence-corrected chi connectivity index (χ1v) is 7.84. The highest BCUT2D eigenvalue weighted by molar-refractivity contribution is 6.47.